The van der Waals surface area contributed by atoms with Gasteiger partial charge in [0.05, 0.1) is 12.2 Å². The Morgan fingerprint density at radius 2 is 2.16 bits per heavy atom. The number of amides is 1. The van der Waals surface area contributed by atoms with Crippen molar-refractivity contribution in [1.82, 2.24) is 15.3 Å². The van der Waals surface area contributed by atoms with E-state index < -0.39 is 5.91 Å². The average Bonchev–Trinajstić information content (AvgIpc) is 2.78. The summed E-state index contributed by atoms with van der Waals surface area (Å²) >= 11 is 3.46. The molecule has 10 nitrogen and oxygen atoms in total. The van der Waals surface area contributed by atoms with E-state index in [9.17, 15) is 4.79 Å². The summed E-state index contributed by atoms with van der Waals surface area (Å²) in [5, 5.41) is 21.7. The van der Waals surface area contributed by atoms with Gasteiger partial charge in [-0.05, 0) is 38.1 Å². The van der Waals surface area contributed by atoms with E-state index in [1.165, 1.54) is 18.8 Å². The fraction of sp³-hybridized carbons (Fsp3) is 0.429. The number of halogens is 1. The van der Waals surface area contributed by atoms with Gasteiger partial charge in [-0.1, -0.05) is 28.8 Å². The molecule has 1 heterocycles. The van der Waals surface area contributed by atoms with Crippen LogP contribution in [0.5, 0.6) is 0 Å². The Labute approximate surface area is 195 Å². The Morgan fingerprint density at radius 1 is 1.38 bits per heavy atom. The average molecular weight is 502 g/mol. The predicted octanol–water partition coefficient (Wildman–Crippen LogP) is 3.78. The molecule has 0 saturated heterocycles. The maximum Gasteiger partial charge on any atom is 0.254 e. The van der Waals surface area contributed by atoms with Gasteiger partial charge < -0.3 is 26.7 Å². The minimum atomic E-state index is -0.617. The number of primary amides is 1. The number of azo groups is 1. The van der Waals surface area contributed by atoms with Gasteiger partial charge in [0, 0.05) is 41.7 Å². The number of benzene rings is 1. The first kappa shape index (κ1) is 23.7. The van der Waals surface area contributed by atoms with Crippen LogP contribution in [0.15, 0.2) is 39.1 Å². The molecule has 11 heteroatoms. The normalized spacial score (nSPS) is 18.5. The molecule has 1 aliphatic rings. The van der Waals surface area contributed by atoms with Crippen molar-refractivity contribution in [2.24, 2.45) is 16.0 Å². The van der Waals surface area contributed by atoms with E-state index in [0.717, 1.165) is 23.7 Å². The van der Waals surface area contributed by atoms with Crippen LogP contribution in [-0.4, -0.2) is 54.8 Å². The topological polar surface area (TPSA) is 145 Å². The zero-order valence-corrected chi connectivity index (χ0v) is 19.8. The van der Waals surface area contributed by atoms with Gasteiger partial charge in [-0.3, -0.25) is 4.79 Å². The van der Waals surface area contributed by atoms with E-state index in [1.807, 2.05) is 20.2 Å². The Kier molecular flexibility index (Phi) is 8.23. The molecule has 1 aromatic carbocycles. The maximum absolute atomic E-state index is 12.0. The second-order valence-electron chi connectivity index (χ2n) is 7.61. The van der Waals surface area contributed by atoms with Gasteiger partial charge in [-0.15, -0.1) is 0 Å². The molecule has 170 valence electrons. The monoisotopic (exact) mass is 501 g/mol. The van der Waals surface area contributed by atoms with E-state index in [1.54, 1.807) is 12.1 Å². The number of anilines is 3. The number of nitrogens with two attached hydrogens (primary N) is 1. The second-order valence-corrected chi connectivity index (χ2v) is 8.52. The van der Waals surface area contributed by atoms with E-state index in [-0.39, 0.29) is 18.2 Å². The Balaban J connectivity index is 1.92. The molecule has 0 spiro atoms. The Morgan fingerprint density at radius 3 is 2.88 bits per heavy atom. The molecule has 2 aromatic rings. The standard InChI is InChI=1S/C21H28BrN9O/c1-25-17-5-3-4-6-18(17)31(2)21-26-12-16(19(24)32)20(29-21)28-14-9-13(22)10-15(11-14)30-27-8-7-23/h7,9-12,17-18,23,25H,3-6,8H2,1-2H3,(H2,24,32)(H,26,28,29). The highest BCUT2D eigenvalue weighted by Crippen LogP contribution is 2.30. The van der Waals surface area contributed by atoms with Crippen molar-refractivity contribution in [3.63, 3.8) is 0 Å². The zero-order valence-electron chi connectivity index (χ0n) is 18.2. The molecule has 1 saturated carbocycles. The highest BCUT2D eigenvalue weighted by atomic mass is 79.9. The molecular weight excluding hydrogens is 474 g/mol. The van der Waals surface area contributed by atoms with Crippen molar-refractivity contribution in [3.8, 4) is 0 Å². The van der Waals surface area contributed by atoms with E-state index in [0.29, 0.717) is 29.2 Å². The van der Waals surface area contributed by atoms with Crippen LogP contribution in [0.4, 0.5) is 23.1 Å². The van der Waals surface area contributed by atoms with Gasteiger partial charge in [-0.2, -0.15) is 15.2 Å². The lowest BCUT2D eigenvalue weighted by molar-refractivity contribution is 0.100. The minimum Gasteiger partial charge on any atom is -0.365 e. The summed E-state index contributed by atoms with van der Waals surface area (Å²) in [5.74, 6) is 0.227. The first-order valence-corrected chi connectivity index (χ1v) is 11.2. The summed E-state index contributed by atoms with van der Waals surface area (Å²) in [6, 6.07) is 6.01. The summed E-state index contributed by atoms with van der Waals surface area (Å²) in [6.45, 7) is 0.206. The predicted molar refractivity (Wildman–Crippen MR) is 130 cm³/mol. The summed E-state index contributed by atoms with van der Waals surface area (Å²) in [6.07, 6.45) is 7.13. The van der Waals surface area contributed by atoms with Crippen molar-refractivity contribution in [2.45, 2.75) is 37.8 Å². The Hall–Kier alpha value is -2.92. The highest BCUT2D eigenvalue weighted by molar-refractivity contribution is 9.10. The molecule has 1 aromatic heterocycles. The summed E-state index contributed by atoms with van der Waals surface area (Å²) in [5.41, 5.74) is 7.02. The Bertz CT molecular complexity index is 997. The molecular formula is C21H28BrN9O. The second kappa shape index (κ2) is 11.1. The van der Waals surface area contributed by atoms with Gasteiger partial charge in [0.1, 0.15) is 11.4 Å². The first-order chi connectivity index (χ1) is 15.4. The van der Waals surface area contributed by atoms with Gasteiger partial charge in [-0.25, -0.2) is 4.98 Å². The summed E-state index contributed by atoms with van der Waals surface area (Å²) in [4.78, 5) is 23.1. The number of hydrogen-bond acceptors (Lipinski definition) is 9. The molecule has 2 unspecified atom stereocenters. The molecule has 5 N–H and O–H groups in total. The number of nitrogens with one attached hydrogen (secondary N) is 3. The smallest absolute Gasteiger partial charge is 0.254 e. The van der Waals surface area contributed by atoms with E-state index in [2.05, 4.69) is 51.7 Å². The molecule has 0 bridgehead atoms. The van der Waals surface area contributed by atoms with Crippen molar-refractivity contribution in [1.29, 1.82) is 5.41 Å². The van der Waals surface area contributed by atoms with Crippen LogP contribution in [0.2, 0.25) is 0 Å². The molecule has 0 aliphatic heterocycles. The maximum atomic E-state index is 12.0. The molecule has 1 aliphatic carbocycles. The lowest BCUT2D eigenvalue weighted by Crippen LogP contribution is -2.50. The van der Waals surface area contributed by atoms with Crippen LogP contribution in [0, 0.1) is 5.41 Å². The van der Waals surface area contributed by atoms with Crippen molar-refractivity contribution in [3.05, 3.63) is 34.4 Å². The summed E-state index contributed by atoms with van der Waals surface area (Å²) in [7, 11) is 3.95. The molecule has 2 atom stereocenters. The van der Waals surface area contributed by atoms with Crippen molar-refractivity contribution in [2.75, 3.05) is 30.9 Å². The number of rotatable bonds is 9. The lowest BCUT2D eigenvalue weighted by atomic mass is 9.89. The number of nitrogens with zero attached hydrogens (tertiary/aromatic N) is 5. The third-order valence-corrected chi connectivity index (χ3v) is 5.92. The van der Waals surface area contributed by atoms with Gasteiger partial charge in [0.2, 0.25) is 5.95 Å². The fourth-order valence-corrected chi connectivity index (χ4v) is 4.36. The molecule has 3 rings (SSSR count). The quantitative estimate of drug-likeness (QED) is 0.303. The molecule has 32 heavy (non-hydrogen) atoms. The van der Waals surface area contributed by atoms with Crippen LogP contribution in [0.25, 0.3) is 0 Å². The number of carbonyl (C=O) groups excluding carboxylic acids is 1. The highest BCUT2D eigenvalue weighted by Gasteiger charge is 2.29. The largest absolute Gasteiger partial charge is 0.365 e. The number of carbonyl (C=O) groups is 1. The van der Waals surface area contributed by atoms with Gasteiger partial charge >= 0.3 is 0 Å². The minimum absolute atomic E-state index is 0.197. The molecule has 1 fully saturated rings. The molecule has 0 radical (unpaired) electrons. The van der Waals surface area contributed by atoms with E-state index >= 15 is 0 Å². The van der Waals surface area contributed by atoms with Crippen LogP contribution in [0.3, 0.4) is 0 Å². The van der Waals surface area contributed by atoms with Crippen LogP contribution in [0.1, 0.15) is 36.0 Å². The lowest BCUT2D eigenvalue weighted by Gasteiger charge is -2.38. The fourth-order valence-electron chi connectivity index (χ4n) is 3.88. The van der Waals surface area contributed by atoms with Gasteiger partial charge in [0.25, 0.3) is 5.91 Å². The van der Waals surface area contributed by atoms with Crippen LogP contribution < -0.4 is 21.3 Å². The van der Waals surface area contributed by atoms with E-state index in [4.69, 9.17) is 11.1 Å². The SMILES string of the molecule is CNC1CCCCC1N(C)c1ncc(C(N)=O)c(Nc2cc(Br)cc(N=NCC=N)c2)n1. The molecule has 1 amide bonds. The summed E-state index contributed by atoms with van der Waals surface area (Å²) < 4.78 is 0.775. The van der Waals surface area contributed by atoms with Crippen LogP contribution in [-0.2, 0) is 0 Å². The van der Waals surface area contributed by atoms with Crippen molar-refractivity contribution < 1.29 is 4.79 Å². The van der Waals surface area contributed by atoms with Crippen LogP contribution >= 0.6 is 15.9 Å². The number of hydrogen-bond donors (Lipinski definition) is 4. The van der Waals surface area contributed by atoms with Crippen molar-refractivity contribution >= 4 is 51.2 Å². The number of likely N-dealkylation sites (N-methyl/N-ethyl adjacent to an activating group) is 2. The third-order valence-electron chi connectivity index (χ3n) is 5.46. The van der Waals surface area contributed by atoms with Gasteiger partial charge in [0.15, 0.2) is 0 Å². The first-order valence-electron chi connectivity index (χ1n) is 10.4. The number of aromatic nitrogens is 2. The third kappa shape index (κ3) is 5.86. The zero-order chi connectivity index (χ0) is 23.1.